The second kappa shape index (κ2) is 8.02. The molecule has 0 fully saturated rings. The van der Waals surface area contributed by atoms with E-state index in [1.165, 1.54) is 12.1 Å². The van der Waals surface area contributed by atoms with Crippen molar-refractivity contribution < 1.29 is 9.34 Å². The highest BCUT2D eigenvalue weighted by Gasteiger charge is 2.19. The summed E-state index contributed by atoms with van der Waals surface area (Å²) < 4.78 is 5.68. The first-order chi connectivity index (χ1) is 11.8. The fourth-order valence-corrected chi connectivity index (χ4v) is 2.64. The number of nitro benzene ring substituents is 1. The van der Waals surface area contributed by atoms with E-state index in [2.05, 4.69) is 15.5 Å². The van der Waals surface area contributed by atoms with Crippen molar-refractivity contribution in [1.29, 1.82) is 0 Å². The Morgan fingerprint density at radius 3 is 2.44 bits per heavy atom. The minimum Gasteiger partial charge on any atom is -0.419 e. The molecule has 0 amide bonds. The molecule has 0 saturated carbocycles. The van der Waals surface area contributed by atoms with Crippen molar-refractivity contribution in [2.24, 2.45) is 0 Å². The Labute approximate surface area is 151 Å². The SMILES string of the molecule is CC(C)NC(=S)N(Cc1nnc(-c2ccc([N+](=O)[O-])cc2)o1)C(C)C. The monoisotopic (exact) mass is 363 g/mol. The molecule has 0 unspecified atom stereocenters. The number of nitrogens with zero attached hydrogens (tertiary/aromatic N) is 4. The minimum atomic E-state index is -0.452. The number of rotatable bonds is 6. The second-order valence-corrected chi connectivity index (χ2v) is 6.52. The Kier molecular flexibility index (Phi) is 6.02. The van der Waals surface area contributed by atoms with Crippen LogP contribution in [-0.2, 0) is 6.54 Å². The van der Waals surface area contributed by atoms with Crippen LogP contribution in [-0.4, -0.2) is 37.2 Å². The molecule has 0 aliphatic heterocycles. The average molecular weight is 363 g/mol. The summed E-state index contributed by atoms with van der Waals surface area (Å²) in [6.45, 7) is 8.48. The van der Waals surface area contributed by atoms with E-state index < -0.39 is 4.92 Å². The van der Waals surface area contributed by atoms with Crippen LogP contribution in [0.15, 0.2) is 28.7 Å². The highest BCUT2D eigenvalue weighted by molar-refractivity contribution is 7.80. The van der Waals surface area contributed by atoms with Crippen molar-refractivity contribution in [2.45, 2.75) is 46.3 Å². The van der Waals surface area contributed by atoms with Crippen LogP contribution in [0.3, 0.4) is 0 Å². The van der Waals surface area contributed by atoms with E-state index in [-0.39, 0.29) is 17.8 Å². The number of hydrogen-bond acceptors (Lipinski definition) is 6. The molecule has 0 radical (unpaired) electrons. The molecule has 25 heavy (non-hydrogen) atoms. The first-order valence-corrected chi connectivity index (χ1v) is 8.33. The van der Waals surface area contributed by atoms with Crippen LogP contribution in [0.1, 0.15) is 33.6 Å². The molecule has 0 atom stereocenters. The van der Waals surface area contributed by atoms with E-state index in [0.717, 1.165) is 0 Å². The van der Waals surface area contributed by atoms with E-state index in [4.69, 9.17) is 16.6 Å². The zero-order chi connectivity index (χ0) is 18.6. The highest BCUT2D eigenvalue weighted by atomic mass is 32.1. The molecule has 2 aromatic rings. The van der Waals surface area contributed by atoms with Gasteiger partial charge in [-0.3, -0.25) is 10.1 Å². The number of aromatic nitrogens is 2. The molecule has 9 heteroatoms. The van der Waals surface area contributed by atoms with Crippen molar-refractivity contribution in [3.05, 3.63) is 40.3 Å². The third-order valence-electron chi connectivity index (χ3n) is 3.39. The van der Waals surface area contributed by atoms with Crippen molar-refractivity contribution in [3.63, 3.8) is 0 Å². The number of thiocarbonyl (C=S) groups is 1. The summed E-state index contributed by atoms with van der Waals surface area (Å²) in [6, 6.07) is 6.37. The maximum Gasteiger partial charge on any atom is 0.269 e. The van der Waals surface area contributed by atoms with Gasteiger partial charge in [0.05, 0.1) is 11.5 Å². The Morgan fingerprint density at radius 1 is 1.28 bits per heavy atom. The third-order valence-corrected chi connectivity index (χ3v) is 3.75. The number of hydrogen-bond donors (Lipinski definition) is 1. The molecule has 2 rings (SSSR count). The summed E-state index contributed by atoms with van der Waals surface area (Å²) in [5, 5.41) is 22.6. The molecule has 134 valence electrons. The number of nitro groups is 1. The fraction of sp³-hybridized carbons (Fsp3) is 0.438. The standard InChI is InChI=1S/C16H21N5O3S/c1-10(2)17-16(25)20(11(3)4)9-14-18-19-15(24-14)12-5-7-13(8-6-12)21(22)23/h5-8,10-11H,9H2,1-4H3,(H,17,25). The van der Waals surface area contributed by atoms with Gasteiger partial charge in [0.25, 0.3) is 5.69 Å². The van der Waals surface area contributed by atoms with Crippen molar-refractivity contribution >= 4 is 23.0 Å². The van der Waals surface area contributed by atoms with Crippen LogP contribution in [0, 0.1) is 10.1 Å². The zero-order valence-electron chi connectivity index (χ0n) is 14.6. The predicted octanol–water partition coefficient (Wildman–Crippen LogP) is 3.14. The molecule has 1 aromatic carbocycles. The van der Waals surface area contributed by atoms with Gasteiger partial charge < -0.3 is 14.6 Å². The summed E-state index contributed by atoms with van der Waals surface area (Å²) in [7, 11) is 0. The van der Waals surface area contributed by atoms with Crippen LogP contribution in [0.4, 0.5) is 5.69 Å². The van der Waals surface area contributed by atoms with Gasteiger partial charge in [0.15, 0.2) is 5.11 Å². The Balaban J connectivity index is 2.13. The molecule has 0 aliphatic carbocycles. The lowest BCUT2D eigenvalue weighted by Gasteiger charge is -2.29. The van der Waals surface area contributed by atoms with Gasteiger partial charge in [0.2, 0.25) is 11.8 Å². The van der Waals surface area contributed by atoms with Crippen LogP contribution >= 0.6 is 12.2 Å². The topological polar surface area (TPSA) is 97.3 Å². The van der Waals surface area contributed by atoms with Gasteiger partial charge in [0.1, 0.15) is 0 Å². The summed E-state index contributed by atoms with van der Waals surface area (Å²) in [6.07, 6.45) is 0. The molecule has 1 N–H and O–H groups in total. The second-order valence-electron chi connectivity index (χ2n) is 6.13. The number of benzene rings is 1. The van der Waals surface area contributed by atoms with Crippen LogP contribution < -0.4 is 5.32 Å². The first-order valence-electron chi connectivity index (χ1n) is 7.92. The summed E-state index contributed by atoms with van der Waals surface area (Å²) >= 11 is 5.43. The van der Waals surface area contributed by atoms with Crippen molar-refractivity contribution in [1.82, 2.24) is 20.4 Å². The molecule has 0 saturated heterocycles. The molecule has 1 aromatic heterocycles. The van der Waals surface area contributed by atoms with E-state index in [0.29, 0.717) is 29.0 Å². The van der Waals surface area contributed by atoms with Gasteiger partial charge in [-0.2, -0.15) is 0 Å². The maximum absolute atomic E-state index is 10.7. The number of nitrogens with one attached hydrogen (secondary N) is 1. The van der Waals surface area contributed by atoms with Gasteiger partial charge in [-0.05, 0) is 52.0 Å². The quantitative estimate of drug-likeness (QED) is 0.475. The molecule has 8 nitrogen and oxygen atoms in total. The van der Waals surface area contributed by atoms with Gasteiger partial charge >= 0.3 is 0 Å². The van der Waals surface area contributed by atoms with Crippen LogP contribution in [0.2, 0.25) is 0 Å². The molecule has 0 aliphatic rings. The lowest BCUT2D eigenvalue weighted by molar-refractivity contribution is -0.384. The molecule has 0 bridgehead atoms. The summed E-state index contributed by atoms with van der Waals surface area (Å²) in [5.74, 6) is 0.742. The van der Waals surface area contributed by atoms with Gasteiger partial charge in [-0.25, -0.2) is 0 Å². The fourth-order valence-electron chi connectivity index (χ4n) is 2.12. The van der Waals surface area contributed by atoms with Gasteiger partial charge in [-0.1, -0.05) is 0 Å². The zero-order valence-corrected chi connectivity index (χ0v) is 15.4. The Bertz CT molecular complexity index is 742. The van der Waals surface area contributed by atoms with Crippen molar-refractivity contribution in [2.75, 3.05) is 0 Å². The smallest absolute Gasteiger partial charge is 0.269 e. The molecular formula is C16H21N5O3S. The Hall–Kier alpha value is -2.55. The van der Waals surface area contributed by atoms with E-state index in [9.17, 15) is 10.1 Å². The normalized spacial score (nSPS) is 11.0. The van der Waals surface area contributed by atoms with Crippen LogP contribution in [0.5, 0.6) is 0 Å². The molecule has 0 spiro atoms. The minimum absolute atomic E-state index is 0.0135. The first kappa shape index (κ1) is 18.8. The molecule has 1 heterocycles. The van der Waals surface area contributed by atoms with E-state index >= 15 is 0 Å². The van der Waals surface area contributed by atoms with Gasteiger partial charge in [0, 0.05) is 29.8 Å². The molecular weight excluding hydrogens is 342 g/mol. The van der Waals surface area contributed by atoms with Gasteiger partial charge in [-0.15, -0.1) is 10.2 Å². The summed E-state index contributed by atoms with van der Waals surface area (Å²) in [4.78, 5) is 12.2. The lowest BCUT2D eigenvalue weighted by atomic mass is 10.2. The number of non-ortho nitro benzene ring substituents is 1. The van der Waals surface area contributed by atoms with E-state index in [1.54, 1.807) is 12.1 Å². The third kappa shape index (κ3) is 4.96. The summed E-state index contributed by atoms with van der Waals surface area (Å²) in [5.41, 5.74) is 0.642. The van der Waals surface area contributed by atoms with Crippen molar-refractivity contribution in [3.8, 4) is 11.5 Å². The predicted molar refractivity (Wildman–Crippen MR) is 97.9 cm³/mol. The lowest BCUT2D eigenvalue weighted by Crippen LogP contribution is -2.45. The Morgan fingerprint density at radius 2 is 1.92 bits per heavy atom. The average Bonchev–Trinajstić information content (AvgIpc) is 3.00. The van der Waals surface area contributed by atoms with E-state index in [1.807, 2.05) is 32.6 Å². The highest BCUT2D eigenvalue weighted by Crippen LogP contribution is 2.22. The van der Waals surface area contributed by atoms with Crippen LogP contribution in [0.25, 0.3) is 11.5 Å². The largest absolute Gasteiger partial charge is 0.419 e. The maximum atomic E-state index is 10.7.